The fourth-order valence-corrected chi connectivity index (χ4v) is 4.43. The molecule has 0 spiro atoms. The zero-order valence-electron chi connectivity index (χ0n) is 18.5. The van der Waals surface area contributed by atoms with Gasteiger partial charge in [-0.1, -0.05) is 54.4 Å². The molecular formula is C24H30ClFN2O2S. The fraction of sp³-hybridized carbons (Fsp3) is 0.417. The normalized spacial score (nSPS) is 12.0. The van der Waals surface area contributed by atoms with Crippen LogP contribution in [0.5, 0.6) is 0 Å². The van der Waals surface area contributed by atoms with Gasteiger partial charge in [-0.25, -0.2) is 4.39 Å². The molecule has 0 aliphatic carbocycles. The second-order valence-corrected chi connectivity index (χ2v) is 9.18. The summed E-state index contributed by atoms with van der Waals surface area (Å²) < 4.78 is 14.0. The van der Waals surface area contributed by atoms with E-state index >= 15 is 0 Å². The monoisotopic (exact) mass is 464 g/mol. The Morgan fingerprint density at radius 2 is 1.84 bits per heavy atom. The van der Waals surface area contributed by atoms with Crippen molar-refractivity contribution in [3.05, 3.63) is 70.0 Å². The number of amides is 2. The molecule has 4 nitrogen and oxygen atoms in total. The van der Waals surface area contributed by atoms with E-state index in [1.165, 1.54) is 17.8 Å². The lowest BCUT2D eigenvalue weighted by Gasteiger charge is -2.31. The number of rotatable bonds is 10. The Bertz CT molecular complexity index is 869. The molecule has 31 heavy (non-hydrogen) atoms. The van der Waals surface area contributed by atoms with Crippen LogP contribution >= 0.6 is 23.4 Å². The molecule has 1 atom stereocenters. The number of thioether (sulfide) groups is 1. The Labute approximate surface area is 193 Å². The lowest BCUT2D eigenvalue weighted by Crippen LogP contribution is -2.50. The molecule has 0 bridgehead atoms. The highest BCUT2D eigenvalue weighted by Gasteiger charge is 2.28. The molecular weight excluding hydrogens is 435 g/mol. The maximum atomic E-state index is 14.0. The van der Waals surface area contributed by atoms with Crippen LogP contribution in [0.4, 0.5) is 4.39 Å². The largest absolute Gasteiger partial charge is 0.352 e. The maximum absolute atomic E-state index is 14.0. The molecule has 0 aliphatic rings. The summed E-state index contributed by atoms with van der Waals surface area (Å²) in [6.45, 7) is 8.02. The molecule has 2 rings (SSSR count). The van der Waals surface area contributed by atoms with Crippen molar-refractivity contribution < 1.29 is 14.0 Å². The molecule has 0 aliphatic heterocycles. The maximum Gasteiger partial charge on any atom is 0.243 e. The van der Waals surface area contributed by atoms with E-state index in [0.29, 0.717) is 23.6 Å². The highest BCUT2D eigenvalue weighted by Crippen LogP contribution is 2.24. The van der Waals surface area contributed by atoms with Gasteiger partial charge in [-0.3, -0.25) is 9.59 Å². The quantitative estimate of drug-likeness (QED) is 0.515. The average Bonchev–Trinajstić information content (AvgIpc) is 2.70. The van der Waals surface area contributed by atoms with Crippen LogP contribution in [0.15, 0.2) is 42.5 Å². The number of hydrogen-bond acceptors (Lipinski definition) is 3. The van der Waals surface area contributed by atoms with E-state index in [9.17, 15) is 14.0 Å². The molecule has 2 aromatic carbocycles. The van der Waals surface area contributed by atoms with Gasteiger partial charge >= 0.3 is 0 Å². The van der Waals surface area contributed by atoms with Crippen LogP contribution in [0.25, 0.3) is 0 Å². The topological polar surface area (TPSA) is 49.4 Å². The van der Waals surface area contributed by atoms with Crippen LogP contribution in [-0.2, 0) is 21.9 Å². The second kappa shape index (κ2) is 12.1. The minimum absolute atomic E-state index is 0.0181. The Hall–Kier alpha value is -2.05. The Balaban J connectivity index is 2.16. The third kappa shape index (κ3) is 7.54. The van der Waals surface area contributed by atoms with Crippen molar-refractivity contribution >= 4 is 35.2 Å². The summed E-state index contributed by atoms with van der Waals surface area (Å²) in [5, 5.41) is 3.26. The summed E-state index contributed by atoms with van der Waals surface area (Å²) in [5.74, 6) is -0.303. The molecule has 0 saturated heterocycles. The number of carbonyl (C=O) groups excluding carboxylic acids is 2. The number of hydrogen-bond donors (Lipinski definition) is 1. The zero-order valence-corrected chi connectivity index (χ0v) is 20.0. The van der Waals surface area contributed by atoms with Gasteiger partial charge in [0.25, 0.3) is 0 Å². The van der Waals surface area contributed by atoms with Crippen LogP contribution in [0.3, 0.4) is 0 Å². The van der Waals surface area contributed by atoms with Gasteiger partial charge in [0.2, 0.25) is 11.8 Å². The zero-order chi connectivity index (χ0) is 23.0. The first-order valence-electron chi connectivity index (χ1n) is 10.4. The van der Waals surface area contributed by atoms with Crippen molar-refractivity contribution in [2.75, 3.05) is 5.75 Å². The van der Waals surface area contributed by atoms with Crippen LogP contribution in [0.1, 0.15) is 43.9 Å². The van der Waals surface area contributed by atoms with E-state index < -0.39 is 6.04 Å². The molecule has 168 valence electrons. The minimum atomic E-state index is -0.575. The minimum Gasteiger partial charge on any atom is -0.352 e. The van der Waals surface area contributed by atoms with E-state index in [0.717, 1.165) is 11.1 Å². The summed E-state index contributed by atoms with van der Waals surface area (Å²) in [6.07, 6.45) is 0.500. The Morgan fingerprint density at radius 1 is 1.16 bits per heavy atom. The van der Waals surface area contributed by atoms with Crippen molar-refractivity contribution in [1.29, 1.82) is 0 Å². The molecule has 2 aromatic rings. The fourth-order valence-electron chi connectivity index (χ4n) is 3.18. The van der Waals surface area contributed by atoms with Gasteiger partial charge in [0, 0.05) is 28.9 Å². The summed E-state index contributed by atoms with van der Waals surface area (Å²) in [4.78, 5) is 27.6. The third-order valence-electron chi connectivity index (χ3n) is 4.82. The van der Waals surface area contributed by atoms with E-state index in [1.807, 2.05) is 52.0 Å². The van der Waals surface area contributed by atoms with Crippen molar-refractivity contribution in [2.24, 2.45) is 0 Å². The number of halogens is 2. The summed E-state index contributed by atoms with van der Waals surface area (Å²) in [5.41, 5.74) is 2.47. The number of carbonyl (C=O) groups is 2. The smallest absolute Gasteiger partial charge is 0.243 e. The van der Waals surface area contributed by atoms with Gasteiger partial charge in [-0.2, -0.15) is 0 Å². The van der Waals surface area contributed by atoms with Gasteiger partial charge in [-0.05, 0) is 44.9 Å². The van der Waals surface area contributed by atoms with Crippen molar-refractivity contribution in [2.45, 2.75) is 58.5 Å². The number of benzene rings is 2. The first-order chi connectivity index (χ1) is 14.7. The van der Waals surface area contributed by atoms with E-state index in [4.69, 9.17) is 11.6 Å². The van der Waals surface area contributed by atoms with Crippen LogP contribution in [0.2, 0.25) is 5.02 Å². The van der Waals surface area contributed by atoms with Crippen LogP contribution in [-0.4, -0.2) is 34.6 Å². The molecule has 0 fully saturated rings. The Kier molecular flexibility index (Phi) is 9.85. The van der Waals surface area contributed by atoms with Crippen LogP contribution < -0.4 is 5.32 Å². The third-order valence-corrected chi connectivity index (χ3v) is 6.12. The van der Waals surface area contributed by atoms with Crippen LogP contribution in [0, 0.1) is 12.7 Å². The van der Waals surface area contributed by atoms with Crippen molar-refractivity contribution in [3.8, 4) is 0 Å². The number of aryl methyl sites for hydroxylation is 1. The van der Waals surface area contributed by atoms with Gasteiger partial charge < -0.3 is 10.2 Å². The summed E-state index contributed by atoms with van der Waals surface area (Å²) >= 11 is 7.38. The van der Waals surface area contributed by atoms with Gasteiger partial charge in [0.1, 0.15) is 11.9 Å². The molecule has 7 heteroatoms. The molecule has 0 heterocycles. The molecule has 0 aromatic heterocycles. The molecule has 0 radical (unpaired) electrons. The highest BCUT2D eigenvalue weighted by molar-refractivity contribution is 7.99. The summed E-state index contributed by atoms with van der Waals surface area (Å²) in [7, 11) is 0. The van der Waals surface area contributed by atoms with Gasteiger partial charge in [0.05, 0.1) is 5.75 Å². The number of nitrogens with one attached hydrogen (secondary N) is 1. The predicted molar refractivity (Wildman–Crippen MR) is 127 cm³/mol. The molecule has 1 unspecified atom stereocenters. The Morgan fingerprint density at radius 3 is 2.42 bits per heavy atom. The predicted octanol–water partition coefficient (Wildman–Crippen LogP) is 5.35. The van der Waals surface area contributed by atoms with Gasteiger partial charge in [0.15, 0.2) is 0 Å². The van der Waals surface area contributed by atoms with E-state index in [2.05, 4.69) is 5.32 Å². The average molecular weight is 465 g/mol. The summed E-state index contributed by atoms with van der Waals surface area (Å²) in [6, 6.07) is 11.9. The van der Waals surface area contributed by atoms with E-state index in [1.54, 1.807) is 17.0 Å². The molecule has 2 amide bonds. The first-order valence-corrected chi connectivity index (χ1v) is 11.9. The highest BCUT2D eigenvalue weighted by atomic mass is 35.5. The number of nitrogens with zero attached hydrogens (tertiary/aromatic N) is 1. The second-order valence-electron chi connectivity index (χ2n) is 7.79. The first kappa shape index (κ1) is 25.2. The van der Waals surface area contributed by atoms with E-state index in [-0.39, 0.29) is 35.2 Å². The van der Waals surface area contributed by atoms with Gasteiger partial charge in [-0.15, -0.1) is 11.8 Å². The lowest BCUT2D eigenvalue weighted by atomic mass is 10.1. The molecule has 0 saturated carbocycles. The lowest BCUT2D eigenvalue weighted by molar-refractivity contribution is -0.139. The SMILES string of the molecule is CCC(C(=O)NC(C)C)N(Cc1ccc(C)cc1)C(=O)CSCc1c(F)cccc1Cl. The molecule has 1 N–H and O–H groups in total. The van der Waals surface area contributed by atoms with Crippen molar-refractivity contribution in [3.63, 3.8) is 0 Å². The standard InChI is InChI=1S/C24H30ClFN2O2S/c1-5-22(24(30)27-16(2)3)28(13-18-11-9-17(4)10-12-18)23(29)15-31-14-19-20(25)7-6-8-21(19)26/h6-12,16,22H,5,13-15H2,1-4H3,(H,27,30). The van der Waals surface area contributed by atoms with Crippen molar-refractivity contribution in [1.82, 2.24) is 10.2 Å².